The number of ether oxygens (including phenoxy) is 1. The Kier molecular flexibility index (Phi) is 3.54. The molecule has 0 unspecified atom stereocenters. The average molecular weight is 302 g/mol. The van der Waals surface area contributed by atoms with Crippen molar-refractivity contribution >= 4 is 28.5 Å². The van der Waals surface area contributed by atoms with E-state index in [9.17, 15) is 4.79 Å². The van der Waals surface area contributed by atoms with Gasteiger partial charge in [0.1, 0.15) is 18.1 Å². The molecule has 3 aromatic rings. The van der Waals surface area contributed by atoms with E-state index in [1.165, 1.54) is 0 Å². The van der Waals surface area contributed by atoms with Crippen molar-refractivity contribution < 1.29 is 14.6 Å². The van der Waals surface area contributed by atoms with E-state index < -0.39 is 5.97 Å². The highest BCUT2D eigenvalue weighted by Crippen LogP contribution is 2.27. The molecule has 0 bridgehead atoms. The van der Waals surface area contributed by atoms with Crippen LogP contribution in [0.15, 0.2) is 48.5 Å². The summed E-state index contributed by atoms with van der Waals surface area (Å²) in [5.74, 6) is -0.358. The molecule has 0 saturated heterocycles. The molecule has 0 fully saturated rings. The van der Waals surface area contributed by atoms with E-state index in [0.29, 0.717) is 17.4 Å². The largest absolute Gasteiger partial charge is 0.488 e. The lowest BCUT2D eigenvalue weighted by Gasteiger charge is -2.07. The number of H-pyrrole nitrogens is 1. The van der Waals surface area contributed by atoms with Crippen LogP contribution in [0.1, 0.15) is 16.1 Å². The fourth-order valence-corrected chi connectivity index (χ4v) is 2.37. The van der Waals surface area contributed by atoms with E-state index in [1.54, 1.807) is 12.1 Å². The molecule has 21 heavy (non-hydrogen) atoms. The van der Waals surface area contributed by atoms with E-state index in [1.807, 2.05) is 36.4 Å². The Morgan fingerprint density at radius 1 is 1.19 bits per heavy atom. The van der Waals surface area contributed by atoms with Crippen LogP contribution in [0.4, 0.5) is 0 Å². The van der Waals surface area contributed by atoms with E-state index in [0.717, 1.165) is 16.5 Å². The van der Waals surface area contributed by atoms with Gasteiger partial charge in [-0.15, -0.1) is 0 Å². The highest BCUT2D eigenvalue weighted by molar-refractivity contribution is 6.30. The number of rotatable bonds is 4. The molecule has 5 heteroatoms. The first-order valence-corrected chi connectivity index (χ1v) is 6.73. The van der Waals surface area contributed by atoms with Crippen LogP contribution in [0, 0.1) is 0 Å². The lowest BCUT2D eigenvalue weighted by molar-refractivity contribution is 0.0691. The molecule has 1 aromatic heterocycles. The van der Waals surface area contributed by atoms with Crippen molar-refractivity contribution in [3.05, 3.63) is 64.8 Å². The van der Waals surface area contributed by atoms with E-state index in [4.69, 9.17) is 21.4 Å². The zero-order valence-electron chi connectivity index (χ0n) is 11.0. The molecule has 2 aromatic carbocycles. The summed E-state index contributed by atoms with van der Waals surface area (Å²) in [6.07, 6.45) is 0. The monoisotopic (exact) mass is 301 g/mol. The lowest BCUT2D eigenvalue weighted by atomic mass is 10.2. The second kappa shape index (κ2) is 5.50. The first-order chi connectivity index (χ1) is 10.1. The van der Waals surface area contributed by atoms with E-state index in [-0.39, 0.29) is 5.69 Å². The van der Waals surface area contributed by atoms with Gasteiger partial charge in [-0.2, -0.15) is 0 Å². The summed E-state index contributed by atoms with van der Waals surface area (Å²) >= 11 is 5.93. The van der Waals surface area contributed by atoms with Crippen molar-refractivity contribution in [2.45, 2.75) is 6.61 Å². The molecule has 0 amide bonds. The van der Waals surface area contributed by atoms with Crippen LogP contribution in [0.5, 0.6) is 5.75 Å². The van der Waals surface area contributed by atoms with Gasteiger partial charge in [0.15, 0.2) is 0 Å². The van der Waals surface area contributed by atoms with Crippen LogP contribution < -0.4 is 4.74 Å². The molecule has 1 heterocycles. The number of carbonyl (C=O) groups is 1. The highest BCUT2D eigenvalue weighted by atomic mass is 35.5. The van der Waals surface area contributed by atoms with Crippen LogP contribution in [0.3, 0.4) is 0 Å². The zero-order valence-corrected chi connectivity index (χ0v) is 11.7. The van der Waals surface area contributed by atoms with Crippen molar-refractivity contribution in [1.29, 1.82) is 0 Å². The quantitative estimate of drug-likeness (QED) is 0.762. The Morgan fingerprint density at radius 3 is 2.76 bits per heavy atom. The Bertz CT molecular complexity index is 810. The van der Waals surface area contributed by atoms with Gasteiger partial charge in [0.25, 0.3) is 0 Å². The second-order valence-electron chi connectivity index (χ2n) is 4.62. The van der Waals surface area contributed by atoms with Gasteiger partial charge in [-0.25, -0.2) is 4.79 Å². The minimum atomic E-state index is -0.994. The van der Waals surface area contributed by atoms with Gasteiger partial charge in [-0.05, 0) is 35.9 Å². The smallest absolute Gasteiger partial charge is 0.352 e. The number of carboxylic acids is 1. The molecule has 2 N–H and O–H groups in total. The second-order valence-corrected chi connectivity index (χ2v) is 5.06. The van der Waals surface area contributed by atoms with Gasteiger partial charge in [0.05, 0.1) is 0 Å². The number of aromatic nitrogens is 1. The Labute approximate surface area is 125 Å². The van der Waals surface area contributed by atoms with Gasteiger partial charge in [-0.3, -0.25) is 0 Å². The number of hydrogen-bond acceptors (Lipinski definition) is 2. The van der Waals surface area contributed by atoms with Crippen molar-refractivity contribution in [3.63, 3.8) is 0 Å². The number of aromatic carboxylic acids is 1. The van der Waals surface area contributed by atoms with Crippen LogP contribution in [0.25, 0.3) is 10.9 Å². The summed E-state index contributed by atoms with van der Waals surface area (Å²) in [7, 11) is 0. The molecule has 0 aliphatic rings. The maximum absolute atomic E-state index is 11.0. The van der Waals surface area contributed by atoms with Crippen molar-refractivity contribution in [2.75, 3.05) is 0 Å². The molecule has 0 aliphatic carbocycles. The summed E-state index contributed by atoms with van der Waals surface area (Å²) in [5.41, 5.74) is 1.83. The lowest BCUT2D eigenvalue weighted by Crippen LogP contribution is -1.95. The van der Waals surface area contributed by atoms with Crippen LogP contribution >= 0.6 is 11.6 Å². The minimum absolute atomic E-state index is 0.142. The summed E-state index contributed by atoms with van der Waals surface area (Å²) in [5, 5.41) is 10.4. The maximum Gasteiger partial charge on any atom is 0.352 e. The van der Waals surface area contributed by atoms with Gasteiger partial charge in [0.2, 0.25) is 0 Å². The first kappa shape index (κ1) is 13.5. The SMILES string of the molecule is O=C(O)c1cc2c(OCc3cccc(Cl)c3)cccc2[nH]1. The third kappa shape index (κ3) is 2.85. The average Bonchev–Trinajstić information content (AvgIpc) is 2.90. The summed E-state index contributed by atoms with van der Waals surface area (Å²) in [6, 6.07) is 14.4. The Balaban J connectivity index is 1.88. The first-order valence-electron chi connectivity index (χ1n) is 6.36. The van der Waals surface area contributed by atoms with Crippen LogP contribution in [-0.2, 0) is 6.61 Å². The standard InChI is InChI=1S/C16H12ClNO3/c17-11-4-1-3-10(7-11)9-21-15-6-2-5-13-12(15)8-14(18-13)16(19)20/h1-8,18H,9H2,(H,19,20). The van der Waals surface area contributed by atoms with E-state index >= 15 is 0 Å². The maximum atomic E-state index is 11.0. The van der Waals surface area contributed by atoms with Crippen molar-refractivity contribution in [3.8, 4) is 5.75 Å². The predicted molar refractivity (Wildman–Crippen MR) is 81.0 cm³/mol. The third-order valence-corrected chi connectivity index (χ3v) is 3.37. The van der Waals surface area contributed by atoms with Crippen LogP contribution in [0.2, 0.25) is 5.02 Å². The number of aromatic amines is 1. The van der Waals surface area contributed by atoms with Crippen molar-refractivity contribution in [2.24, 2.45) is 0 Å². The number of carboxylic acid groups (broad SMARTS) is 1. The zero-order chi connectivity index (χ0) is 14.8. The molecule has 106 valence electrons. The number of benzene rings is 2. The predicted octanol–water partition coefficient (Wildman–Crippen LogP) is 4.10. The number of hydrogen-bond donors (Lipinski definition) is 2. The fraction of sp³-hybridized carbons (Fsp3) is 0.0625. The fourth-order valence-electron chi connectivity index (χ4n) is 2.16. The third-order valence-electron chi connectivity index (χ3n) is 3.14. The van der Waals surface area contributed by atoms with Gasteiger partial charge >= 0.3 is 5.97 Å². The van der Waals surface area contributed by atoms with E-state index in [2.05, 4.69) is 4.98 Å². The van der Waals surface area contributed by atoms with Gasteiger partial charge in [-0.1, -0.05) is 29.8 Å². The molecule has 0 saturated carbocycles. The molecule has 4 nitrogen and oxygen atoms in total. The minimum Gasteiger partial charge on any atom is -0.488 e. The highest BCUT2D eigenvalue weighted by Gasteiger charge is 2.10. The summed E-state index contributed by atoms with van der Waals surface area (Å²) in [4.78, 5) is 13.9. The molecule has 0 radical (unpaired) electrons. The molecule has 0 atom stereocenters. The van der Waals surface area contributed by atoms with Crippen LogP contribution in [-0.4, -0.2) is 16.1 Å². The van der Waals surface area contributed by atoms with Crippen molar-refractivity contribution in [1.82, 2.24) is 4.98 Å². The molecule has 0 aliphatic heterocycles. The van der Waals surface area contributed by atoms with Gasteiger partial charge in [0, 0.05) is 15.9 Å². The number of halogens is 1. The summed E-state index contributed by atoms with van der Waals surface area (Å²) in [6.45, 7) is 0.368. The number of fused-ring (bicyclic) bond motifs is 1. The Morgan fingerprint density at radius 2 is 2.00 bits per heavy atom. The molecular weight excluding hydrogens is 290 g/mol. The summed E-state index contributed by atoms with van der Waals surface area (Å²) < 4.78 is 5.78. The molecule has 0 spiro atoms. The Hall–Kier alpha value is -2.46. The van der Waals surface area contributed by atoms with Gasteiger partial charge < -0.3 is 14.8 Å². The normalized spacial score (nSPS) is 10.7. The molecule has 3 rings (SSSR count). The topological polar surface area (TPSA) is 62.3 Å². The number of nitrogens with one attached hydrogen (secondary N) is 1. The molecular formula is C16H12ClNO3.